The van der Waals surface area contributed by atoms with Gasteiger partial charge in [0.05, 0.1) is 31.7 Å². The molecular weight excluding hydrogens is 456 g/mol. The highest BCUT2D eigenvalue weighted by Gasteiger charge is 2.29. The third-order valence-corrected chi connectivity index (χ3v) is 5.94. The molecule has 3 atom stereocenters. The molecule has 0 aliphatic rings. The standard InChI is InChI=1S/C29H40N2O5/c1-4-6-19-36-27(32)21-30-20-25(24-15-11-8-12-16-24)28(33)22(3)31-26(29(34)35-5-2)18-17-23-13-9-7-10-14-23/h7-16,22,25-26,30-31H,4-6,17-21H2,1-3H3/t22-,25?,26-/m0/s1. The summed E-state index contributed by atoms with van der Waals surface area (Å²) < 4.78 is 10.5. The summed E-state index contributed by atoms with van der Waals surface area (Å²) in [7, 11) is 0. The van der Waals surface area contributed by atoms with Gasteiger partial charge in [0, 0.05) is 6.54 Å². The van der Waals surface area contributed by atoms with Gasteiger partial charge < -0.3 is 14.8 Å². The van der Waals surface area contributed by atoms with E-state index in [2.05, 4.69) is 10.6 Å². The molecule has 2 aromatic carbocycles. The second kappa shape index (κ2) is 16.6. The Morgan fingerprint density at radius 1 is 0.917 bits per heavy atom. The van der Waals surface area contributed by atoms with Crippen LogP contribution >= 0.6 is 0 Å². The predicted molar refractivity (Wildman–Crippen MR) is 141 cm³/mol. The summed E-state index contributed by atoms with van der Waals surface area (Å²) in [5, 5.41) is 6.29. The third kappa shape index (κ3) is 10.3. The first-order chi connectivity index (χ1) is 17.5. The number of benzene rings is 2. The highest BCUT2D eigenvalue weighted by Crippen LogP contribution is 2.18. The summed E-state index contributed by atoms with van der Waals surface area (Å²) in [6, 6.07) is 18.2. The molecule has 196 valence electrons. The van der Waals surface area contributed by atoms with Crippen molar-refractivity contribution in [1.29, 1.82) is 0 Å². The number of hydrogen-bond acceptors (Lipinski definition) is 7. The molecule has 0 bridgehead atoms. The molecule has 1 unspecified atom stereocenters. The van der Waals surface area contributed by atoms with Crippen LogP contribution < -0.4 is 10.6 Å². The molecule has 0 heterocycles. The van der Waals surface area contributed by atoms with Crippen LogP contribution in [0.4, 0.5) is 0 Å². The number of esters is 2. The SMILES string of the molecule is CCCCOC(=O)CNCC(C(=O)[C@H](C)N[C@@H](CCc1ccccc1)C(=O)OCC)c1ccccc1. The fraction of sp³-hybridized carbons (Fsp3) is 0.483. The molecule has 0 radical (unpaired) electrons. The van der Waals surface area contributed by atoms with E-state index >= 15 is 0 Å². The highest BCUT2D eigenvalue weighted by atomic mass is 16.5. The van der Waals surface area contributed by atoms with Gasteiger partial charge in [-0.25, -0.2) is 0 Å². The van der Waals surface area contributed by atoms with E-state index in [0.717, 1.165) is 24.0 Å². The minimum atomic E-state index is -0.609. The number of rotatable bonds is 17. The predicted octanol–water partition coefficient (Wildman–Crippen LogP) is 3.81. The van der Waals surface area contributed by atoms with E-state index in [1.165, 1.54) is 0 Å². The zero-order chi connectivity index (χ0) is 26.2. The van der Waals surface area contributed by atoms with E-state index in [0.29, 0.717) is 19.4 Å². The van der Waals surface area contributed by atoms with Gasteiger partial charge in [-0.1, -0.05) is 74.0 Å². The lowest BCUT2D eigenvalue weighted by atomic mass is 9.90. The average Bonchev–Trinajstić information content (AvgIpc) is 2.90. The minimum Gasteiger partial charge on any atom is -0.465 e. The molecule has 0 fully saturated rings. The number of ketones is 1. The van der Waals surface area contributed by atoms with E-state index in [9.17, 15) is 14.4 Å². The Kier molecular flexibility index (Phi) is 13.5. The highest BCUT2D eigenvalue weighted by molar-refractivity contribution is 5.91. The summed E-state index contributed by atoms with van der Waals surface area (Å²) in [5.74, 6) is -1.26. The van der Waals surface area contributed by atoms with Crippen molar-refractivity contribution in [2.45, 2.75) is 64.5 Å². The lowest BCUT2D eigenvalue weighted by Crippen LogP contribution is -2.49. The molecule has 36 heavy (non-hydrogen) atoms. The van der Waals surface area contributed by atoms with Crippen molar-refractivity contribution in [2.24, 2.45) is 0 Å². The van der Waals surface area contributed by atoms with E-state index in [4.69, 9.17) is 9.47 Å². The summed E-state index contributed by atoms with van der Waals surface area (Å²) in [6.07, 6.45) is 2.97. The minimum absolute atomic E-state index is 0.0324. The Bertz CT molecular complexity index is 920. The van der Waals surface area contributed by atoms with Crippen LogP contribution in [0.5, 0.6) is 0 Å². The zero-order valence-electron chi connectivity index (χ0n) is 21.7. The molecule has 0 spiro atoms. The van der Waals surface area contributed by atoms with Gasteiger partial charge >= 0.3 is 11.9 Å². The summed E-state index contributed by atoms with van der Waals surface area (Å²) in [5.41, 5.74) is 1.96. The maximum Gasteiger partial charge on any atom is 0.323 e. The number of Topliss-reactive ketones (excluding diaryl/α,β-unsaturated/α-hetero) is 1. The number of carbonyl (C=O) groups excluding carboxylic acids is 3. The normalized spacial score (nSPS) is 13.4. The topological polar surface area (TPSA) is 93.7 Å². The quantitative estimate of drug-likeness (QED) is 0.254. The molecule has 0 saturated heterocycles. The van der Waals surface area contributed by atoms with Crippen LogP contribution in [-0.4, -0.2) is 56.1 Å². The van der Waals surface area contributed by atoms with Gasteiger partial charge in [0.25, 0.3) is 0 Å². The number of aryl methyl sites for hydroxylation is 1. The summed E-state index contributed by atoms with van der Waals surface area (Å²) in [4.78, 5) is 38.2. The van der Waals surface area contributed by atoms with E-state index in [1.54, 1.807) is 13.8 Å². The molecule has 0 aliphatic carbocycles. The van der Waals surface area contributed by atoms with E-state index in [1.807, 2.05) is 67.6 Å². The monoisotopic (exact) mass is 496 g/mol. The number of carbonyl (C=O) groups is 3. The second-order valence-electron chi connectivity index (χ2n) is 8.79. The summed E-state index contributed by atoms with van der Waals surface area (Å²) >= 11 is 0. The maximum atomic E-state index is 13.5. The van der Waals surface area contributed by atoms with Crippen molar-refractivity contribution in [3.05, 3.63) is 71.8 Å². The van der Waals surface area contributed by atoms with Gasteiger partial charge in [-0.15, -0.1) is 0 Å². The summed E-state index contributed by atoms with van der Waals surface area (Å²) in [6.45, 7) is 6.56. The fourth-order valence-electron chi connectivity index (χ4n) is 3.92. The molecule has 0 aromatic heterocycles. The largest absolute Gasteiger partial charge is 0.465 e. The molecule has 2 rings (SSSR count). The van der Waals surface area contributed by atoms with Gasteiger partial charge in [-0.2, -0.15) is 0 Å². The first-order valence-electron chi connectivity index (χ1n) is 12.9. The number of hydrogen-bond donors (Lipinski definition) is 2. The maximum absolute atomic E-state index is 13.5. The van der Waals surface area contributed by atoms with Crippen molar-refractivity contribution in [1.82, 2.24) is 10.6 Å². The molecule has 0 saturated carbocycles. The Morgan fingerprint density at radius 2 is 1.58 bits per heavy atom. The number of unbranched alkanes of at least 4 members (excludes halogenated alkanes) is 1. The average molecular weight is 497 g/mol. The third-order valence-electron chi connectivity index (χ3n) is 5.94. The van der Waals surface area contributed by atoms with Crippen LogP contribution in [0.3, 0.4) is 0 Å². The Hall–Kier alpha value is -3.03. The number of nitrogens with one attached hydrogen (secondary N) is 2. The smallest absolute Gasteiger partial charge is 0.323 e. The van der Waals surface area contributed by atoms with Gasteiger partial charge in [-0.3, -0.25) is 19.7 Å². The zero-order valence-corrected chi connectivity index (χ0v) is 21.7. The molecule has 0 aliphatic heterocycles. The Morgan fingerprint density at radius 3 is 2.22 bits per heavy atom. The lowest BCUT2D eigenvalue weighted by molar-refractivity contribution is -0.146. The van der Waals surface area contributed by atoms with Crippen molar-refractivity contribution >= 4 is 17.7 Å². The van der Waals surface area contributed by atoms with Crippen molar-refractivity contribution in [2.75, 3.05) is 26.3 Å². The lowest BCUT2D eigenvalue weighted by Gasteiger charge is -2.25. The van der Waals surface area contributed by atoms with Crippen LogP contribution in [0.1, 0.15) is 57.1 Å². The Balaban J connectivity index is 2.05. The van der Waals surface area contributed by atoms with Crippen LogP contribution in [0.15, 0.2) is 60.7 Å². The molecule has 0 amide bonds. The van der Waals surface area contributed by atoms with Crippen molar-refractivity contribution in [3.63, 3.8) is 0 Å². The first kappa shape index (κ1) is 29.2. The second-order valence-corrected chi connectivity index (χ2v) is 8.79. The van der Waals surface area contributed by atoms with Crippen LogP contribution in [0, 0.1) is 0 Å². The van der Waals surface area contributed by atoms with Gasteiger partial charge in [-0.05, 0) is 44.2 Å². The molecule has 2 aromatic rings. The Labute approximate surface area is 215 Å². The number of ether oxygens (including phenoxy) is 2. The van der Waals surface area contributed by atoms with Crippen molar-refractivity contribution < 1.29 is 23.9 Å². The fourth-order valence-corrected chi connectivity index (χ4v) is 3.92. The van der Waals surface area contributed by atoms with Gasteiger partial charge in [0.1, 0.15) is 6.04 Å². The first-order valence-corrected chi connectivity index (χ1v) is 12.9. The van der Waals surface area contributed by atoms with Gasteiger partial charge in [0.2, 0.25) is 0 Å². The van der Waals surface area contributed by atoms with E-state index < -0.39 is 18.0 Å². The molecule has 2 N–H and O–H groups in total. The van der Waals surface area contributed by atoms with Crippen LogP contribution in [0.25, 0.3) is 0 Å². The molecular formula is C29H40N2O5. The molecule has 7 nitrogen and oxygen atoms in total. The molecule has 7 heteroatoms. The van der Waals surface area contributed by atoms with E-state index in [-0.39, 0.29) is 37.4 Å². The van der Waals surface area contributed by atoms with Crippen LogP contribution in [0.2, 0.25) is 0 Å². The van der Waals surface area contributed by atoms with Crippen molar-refractivity contribution in [3.8, 4) is 0 Å². The van der Waals surface area contributed by atoms with Crippen LogP contribution in [-0.2, 0) is 30.3 Å². The van der Waals surface area contributed by atoms with Gasteiger partial charge in [0.15, 0.2) is 5.78 Å².